The van der Waals surface area contributed by atoms with Gasteiger partial charge in [-0.25, -0.2) is 8.02 Å². The van der Waals surface area contributed by atoms with E-state index in [2.05, 4.69) is 3.63 Å². The van der Waals surface area contributed by atoms with Gasteiger partial charge < -0.3 is 0 Å². The van der Waals surface area contributed by atoms with Crippen LogP contribution in [-0.2, 0) is 13.7 Å². The van der Waals surface area contributed by atoms with Crippen LogP contribution in [0.25, 0.3) is 0 Å². The fraction of sp³-hybridized carbons (Fsp3) is 0.357. The number of benzene rings is 3. The molecule has 3 aromatic rings. The lowest BCUT2D eigenvalue weighted by atomic mass is 9.91. The molecule has 0 atom stereocenters. The van der Waals surface area contributed by atoms with E-state index in [4.69, 9.17) is 0 Å². The van der Waals surface area contributed by atoms with Gasteiger partial charge in [0.15, 0.2) is 0 Å². The van der Waals surface area contributed by atoms with Crippen LogP contribution in [-0.4, -0.2) is 55.4 Å². The molecule has 0 spiro atoms. The van der Waals surface area contributed by atoms with Crippen molar-refractivity contribution in [1.82, 2.24) is 0 Å². The predicted molar refractivity (Wildman–Crippen MR) is 142 cm³/mol. The minimum Gasteiger partial charge on any atom is -0.207 e. The second kappa shape index (κ2) is 12.7. The van der Waals surface area contributed by atoms with Crippen LogP contribution >= 0.6 is 10.3 Å². The Morgan fingerprint density at radius 3 is 1.02 bits per heavy atom. The molecule has 3 nitrogen and oxygen atoms in total. The molecule has 0 unspecified atom stereocenters. The van der Waals surface area contributed by atoms with Gasteiger partial charge in [-0.15, -0.1) is 0 Å². The Morgan fingerprint density at radius 1 is 0.431 bits per heavy atom. The van der Waals surface area contributed by atoms with Crippen molar-refractivity contribution in [1.29, 1.82) is 0 Å². The summed E-state index contributed by atoms with van der Waals surface area (Å²) in [5.41, 5.74) is 0.677. The highest BCUT2D eigenvalue weighted by Gasteiger charge is 2.96. The Bertz CT molecular complexity index is 1710. The van der Waals surface area contributed by atoms with E-state index in [0.29, 0.717) is 35.4 Å². The maximum absolute atomic E-state index is 15.3. The summed E-state index contributed by atoms with van der Waals surface area (Å²) in [4.78, 5) is -1.90. The molecule has 0 aliphatic heterocycles. The molecule has 3 rings (SSSR count). The lowest BCUT2D eigenvalue weighted by Gasteiger charge is -2.43. The maximum atomic E-state index is 15.3. The minimum atomic E-state index is -9.00. The van der Waals surface area contributed by atoms with Crippen LogP contribution in [0, 0.1) is 19.7 Å². The van der Waals surface area contributed by atoms with Gasteiger partial charge in [0.2, 0.25) is 0 Å². The average molecular weight is 809 g/mol. The summed E-state index contributed by atoms with van der Waals surface area (Å²) in [5.74, 6) is -53.7. The lowest BCUT2D eigenvalue weighted by Crippen LogP contribution is -2.75. The summed E-state index contributed by atoms with van der Waals surface area (Å²) in [5, 5.41) is -7.93. The van der Waals surface area contributed by atoms with Gasteiger partial charge in [-0.05, 0) is 72.7 Å². The SMILES string of the molecule is Cc1ccc(S(OS(=O)(=O)C(F)(F)C(F)(F)C(F)(F)C(F)(F)C(F)(F)C(F)(F)C(F)(F)C(F)(F)F)(c2ccc(C)cc2)c2ccc(F)cc2)cc1. The molecule has 0 heterocycles. The molecule has 0 aromatic heterocycles. The van der Waals surface area contributed by atoms with Gasteiger partial charge in [0.05, 0.1) is 0 Å². The normalized spacial score (nSPS) is 15.2. The molecule has 0 radical (unpaired) electrons. The van der Waals surface area contributed by atoms with E-state index in [1.165, 1.54) is 13.8 Å². The zero-order chi connectivity index (χ0) is 39.7. The Hall–Kier alpha value is -3.34. The number of aryl methyl sites for hydroxylation is 2. The molecule has 51 heavy (non-hydrogen) atoms. The van der Waals surface area contributed by atoms with E-state index >= 15 is 8.78 Å². The number of rotatable bonds is 12. The molecule has 3 aromatic carbocycles. The van der Waals surface area contributed by atoms with Crippen molar-refractivity contribution in [2.45, 2.75) is 75.5 Å². The van der Waals surface area contributed by atoms with Gasteiger partial charge in [0, 0.05) is 14.7 Å². The van der Waals surface area contributed by atoms with E-state index < -0.39 is 87.9 Å². The van der Waals surface area contributed by atoms with E-state index in [1.54, 1.807) is 0 Å². The third-order valence-electron chi connectivity index (χ3n) is 7.05. The third kappa shape index (κ3) is 6.19. The fourth-order valence-electron chi connectivity index (χ4n) is 4.10. The van der Waals surface area contributed by atoms with Gasteiger partial charge in [0.1, 0.15) is 5.82 Å². The first-order valence-corrected chi connectivity index (χ1v) is 16.1. The van der Waals surface area contributed by atoms with E-state index in [0.717, 1.165) is 48.5 Å². The van der Waals surface area contributed by atoms with Gasteiger partial charge in [0.25, 0.3) is 0 Å². The van der Waals surface area contributed by atoms with Crippen LogP contribution in [0.4, 0.5) is 79.0 Å². The quantitative estimate of drug-likeness (QED) is 0.171. The summed E-state index contributed by atoms with van der Waals surface area (Å²) in [6.07, 6.45) is -7.95. The Labute approximate surface area is 276 Å². The molecule has 23 heteroatoms. The highest BCUT2D eigenvalue weighted by molar-refractivity contribution is 8.33. The number of halogens is 18. The second-order valence-electron chi connectivity index (χ2n) is 10.6. The summed E-state index contributed by atoms with van der Waals surface area (Å²) in [6.45, 7) is 2.81. The topological polar surface area (TPSA) is 43.4 Å². The van der Waals surface area contributed by atoms with Crippen molar-refractivity contribution in [3.05, 3.63) is 89.7 Å². The van der Waals surface area contributed by atoms with Gasteiger partial charge in [-0.2, -0.15) is 83.1 Å². The molecule has 0 N–H and O–H groups in total. The molecular weight excluding hydrogens is 790 g/mol. The van der Waals surface area contributed by atoms with Gasteiger partial charge >= 0.3 is 57.1 Å². The highest BCUT2D eigenvalue weighted by atomic mass is 32.3. The van der Waals surface area contributed by atoms with Crippen molar-refractivity contribution >= 4 is 20.4 Å². The van der Waals surface area contributed by atoms with Crippen molar-refractivity contribution in [3.8, 4) is 0 Å². The third-order valence-corrected chi connectivity index (χ3v) is 12.3. The van der Waals surface area contributed by atoms with E-state index in [-0.39, 0.29) is 0 Å². The van der Waals surface area contributed by atoms with Crippen LogP contribution in [0.3, 0.4) is 0 Å². The molecule has 0 aliphatic carbocycles. The first-order chi connectivity index (χ1) is 22.7. The highest BCUT2D eigenvalue weighted by Crippen LogP contribution is 2.72. The molecule has 0 saturated heterocycles. The number of hydrogen-bond donors (Lipinski definition) is 0. The maximum Gasteiger partial charge on any atom is 0.460 e. The van der Waals surface area contributed by atoms with Crippen LogP contribution < -0.4 is 0 Å². The second-order valence-corrected chi connectivity index (χ2v) is 15.1. The van der Waals surface area contributed by atoms with Crippen molar-refractivity contribution in [2.24, 2.45) is 0 Å². The summed E-state index contributed by atoms with van der Waals surface area (Å²) < 4.78 is 282. The molecule has 0 fully saturated rings. The van der Waals surface area contributed by atoms with Crippen LogP contribution in [0.1, 0.15) is 11.1 Å². The first kappa shape index (κ1) is 42.1. The van der Waals surface area contributed by atoms with Crippen molar-refractivity contribution < 1.29 is 91.1 Å². The molecule has 0 amide bonds. The summed E-state index contributed by atoms with van der Waals surface area (Å²) in [6, 6.07) is 10.5. The van der Waals surface area contributed by atoms with Gasteiger partial charge in [-0.1, -0.05) is 35.4 Å². The first-order valence-electron chi connectivity index (χ1n) is 13.1. The zero-order valence-electron chi connectivity index (χ0n) is 24.8. The minimum absolute atomic E-state index is 0.338. The predicted octanol–water partition coefficient (Wildman–Crippen LogP) is 11.0. The smallest absolute Gasteiger partial charge is 0.207 e. The van der Waals surface area contributed by atoms with Crippen molar-refractivity contribution in [2.75, 3.05) is 0 Å². The zero-order valence-corrected chi connectivity index (χ0v) is 26.4. The monoisotopic (exact) mass is 808 g/mol. The molecule has 0 bridgehead atoms. The molecular formula is C28H18F18O3S2. The Balaban J connectivity index is 2.34. The lowest BCUT2D eigenvalue weighted by molar-refractivity contribution is -0.458. The number of hydrogen-bond acceptors (Lipinski definition) is 3. The van der Waals surface area contributed by atoms with Gasteiger partial charge in [-0.3, -0.25) is 0 Å². The molecule has 286 valence electrons. The molecule has 0 aliphatic rings. The number of alkyl halides is 17. The van der Waals surface area contributed by atoms with Crippen molar-refractivity contribution in [3.63, 3.8) is 0 Å². The fourth-order valence-corrected chi connectivity index (χ4v) is 9.27. The van der Waals surface area contributed by atoms with E-state index in [1.807, 2.05) is 0 Å². The van der Waals surface area contributed by atoms with Crippen LogP contribution in [0.5, 0.6) is 0 Å². The van der Waals surface area contributed by atoms with Crippen LogP contribution in [0.2, 0.25) is 0 Å². The van der Waals surface area contributed by atoms with Crippen LogP contribution in [0.15, 0.2) is 87.5 Å². The summed E-state index contributed by atoms with van der Waals surface area (Å²) >= 11 is 0. The standard InChI is InChI=1S/C28H18F18O3S2/c1-15-3-9-18(10-4-15)50(19-11-5-16(2)6-12-19,20-13-7-17(29)8-14-20)49-51(47,48)28(45,46)26(40,41)24(36,37)22(32,33)21(30,31)23(34,35)25(38,39)27(42,43)44/h3-14H,1-2H3. The Morgan fingerprint density at radius 2 is 0.706 bits per heavy atom. The average Bonchev–Trinajstić information content (AvgIpc) is 3.00. The largest absolute Gasteiger partial charge is 0.460 e. The Kier molecular flexibility index (Phi) is 10.4. The molecule has 0 saturated carbocycles. The van der Waals surface area contributed by atoms with E-state index in [9.17, 15) is 78.7 Å². The summed E-state index contributed by atoms with van der Waals surface area (Å²) in [7, 11) is -12.7.